The number of hydrogen-bond acceptors (Lipinski definition) is 7. The molecule has 0 fully saturated rings. The molecule has 1 aromatic rings. The highest BCUT2D eigenvalue weighted by molar-refractivity contribution is 7.99. The molecule has 0 aromatic carbocycles. The Morgan fingerprint density at radius 1 is 1.67 bits per heavy atom. The minimum absolute atomic E-state index is 0.0745. The van der Waals surface area contributed by atoms with Crippen molar-refractivity contribution in [2.45, 2.75) is 11.1 Å². The van der Waals surface area contributed by atoms with E-state index in [0.29, 0.717) is 0 Å². The van der Waals surface area contributed by atoms with Crippen LogP contribution in [0.15, 0.2) is 11.2 Å². The highest BCUT2D eigenvalue weighted by Crippen LogP contribution is 2.20. The standard InChI is InChI=1S/C7H11FN4O2S/c8-5-1-10-7(12-9)11-6(5)15-3-4(14)2-13/h1,4,13-14H,2-3,9H2,(H,10,11,12). The van der Waals surface area contributed by atoms with Crippen LogP contribution in [0.2, 0.25) is 0 Å². The van der Waals surface area contributed by atoms with E-state index in [1.165, 1.54) is 0 Å². The van der Waals surface area contributed by atoms with Crippen LogP contribution >= 0.6 is 11.8 Å². The Morgan fingerprint density at radius 3 is 3.00 bits per heavy atom. The monoisotopic (exact) mass is 234 g/mol. The van der Waals surface area contributed by atoms with Gasteiger partial charge in [0, 0.05) is 5.75 Å². The lowest BCUT2D eigenvalue weighted by molar-refractivity contribution is 0.113. The summed E-state index contributed by atoms with van der Waals surface area (Å²) in [5.74, 6) is 4.70. The molecule has 1 rings (SSSR count). The number of halogens is 1. The van der Waals surface area contributed by atoms with E-state index < -0.39 is 11.9 Å². The largest absolute Gasteiger partial charge is 0.394 e. The first kappa shape index (κ1) is 12.1. The molecule has 0 saturated carbocycles. The second-order valence-electron chi connectivity index (χ2n) is 2.64. The SMILES string of the molecule is NNc1ncc(F)c(SCC(O)CO)n1. The highest BCUT2D eigenvalue weighted by atomic mass is 32.2. The summed E-state index contributed by atoms with van der Waals surface area (Å²) >= 11 is 0.978. The Hall–Kier alpha value is -0.960. The average molecular weight is 234 g/mol. The van der Waals surface area contributed by atoms with E-state index in [2.05, 4.69) is 15.4 Å². The van der Waals surface area contributed by atoms with Crippen LogP contribution in [0, 0.1) is 5.82 Å². The van der Waals surface area contributed by atoms with Crippen molar-refractivity contribution in [3.8, 4) is 0 Å². The Balaban J connectivity index is 2.66. The summed E-state index contributed by atoms with van der Waals surface area (Å²) in [6.07, 6.45) is 0.0780. The summed E-state index contributed by atoms with van der Waals surface area (Å²) in [7, 11) is 0. The molecule has 8 heteroatoms. The molecular weight excluding hydrogens is 223 g/mol. The first-order valence-electron chi connectivity index (χ1n) is 4.08. The third kappa shape index (κ3) is 3.59. The normalized spacial score (nSPS) is 12.5. The number of aliphatic hydroxyl groups is 2. The number of thioether (sulfide) groups is 1. The van der Waals surface area contributed by atoms with Gasteiger partial charge in [-0.2, -0.15) is 0 Å². The summed E-state index contributed by atoms with van der Waals surface area (Å²) in [5, 5.41) is 17.7. The van der Waals surface area contributed by atoms with Crippen LogP contribution in [-0.2, 0) is 0 Å². The van der Waals surface area contributed by atoms with E-state index in [1.54, 1.807) is 0 Å². The van der Waals surface area contributed by atoms with Gasteiger partial charge in [-0.15, -0.1) is 11.8 Å². The zero-order valence-electron chi connectivity index (χ0n) is 7.72. The van der Waals surface area contributed by atoms with Crippen molar-refractivity contribution in [1.29, 1.82) is 0 Å². The van der Waals surface area contributed by atoms with Gasteiger partial charge in [0.1, 0.15) is 5.03 Å². The summed E-state index contributed by atoms with van der Waals surface area (Å²) < 4.78 is 13.1. The molecule has 84 valence electrons. The van der Waals surface area contributed by atoms with Gasteiger partial charge in [0.2, 0.25) is 5.95 Å². The Labute approximate surface area is 89.7 Å². The van der Waals surface area contributed by atoms with Gasteiger partial charge in [-0.25, -0.2) is 20.2 Å². The number of nitrogens with one attached hydrogen (secondary N) is 1. The Morgan fingerprint density at radius 2 is 2.40 bits per heavy atom. The molecule has 15 heavy (non-hydrogen) atoms. The average Bonchev–Trinajstić information content (AvgIpc) is 2.27. The molecular formula is C7H11FN4O2S. The zero-order valence-corrected chi connectivity index (χ0v) is 8.54. The van der Waals surface area contributed by atoms with Crippen LogP contribution in [0.4, 0.5) is 10.3 Å². The van der Waals surface area contributed by atoms with E-state index in [0.717, 1.165) is 18.0 Å². The Bertz CT molecular complexity index is 328. The lowest BCUT2D eigenvalue weighted by Gasteiger charge is -2.07. The van der Waals surface area contributed by atoms with Gasteiger partial charge in [0.05, 0.1) is 18.9 Å². The number of hydrogen-bond donors (Lipinski definition) is 4. The summed E-state index contributed by atoms with van der Waals surface area (Å²) in [5.41, 5.74) is 2.18. The van der Waals surface area contributed by atoms with Crippen molar-refractivity contribution < 1.29 is 14.6 Å². The number of hydrazine groups is 1. The maximum atomic E-state index is 13.1. The molecule has 6 nitrogen and oxygen atoms in total. The molecule has 0 amide bonds. The van der Waals surface area contributed by atoms with Gasteiger partial charge in [-0.3, -0.25) is 5.43 Å². The van der Waals surface area contributed by atoms with Gasteiger partial charge in [-0.05, 0) is 0 Å². The fourth-order valence-electron chi connectivity index (χ4n) is 0.750. The fraction of sp³-hybridized carbons (Fsp3) is 0.429. The van der Waals surface area contributed by atoms with Gasteiger partial charge in [-0.1, -0.05) is 0 Å². The lowest BCUT2D eigenvalue weighted by Crippen LogP contribution is -2.15. The van der Waals surface area contributed by atoms with Crippen molar-refractivity contribution in [2.24, 2.45) is 5.84 Å². The summed E-state index contributed by atoms with van der Waals surface area (Å²) in [6.45, 7) is -0.373. The molecule has 0 aliphatic carbocycles. The predicted octanol–water partition coefficient (Wildman–Crippen LogP) is -0.653. The second kappa shape index (κ2) is 5.81. The zero-order chi connectivity index (χ0) is 11.3. The number of nitrogens with zero attached hydrogens (tertiary/aromatic N) is 2. The molecule has 0 radical (unpaired) electrons. The van der Waals surface area contributed by atoms with E-state index in [-0.39, 0.29) is 23.3 Å². The Kier molecular flexibility index (Phi) is 4.69. The first-order chi connectivity index (χ1) is 7.17. The molecule has 1 aromatic heterocycles. The highest BCUT2D eigenvalue weighted by Gasteiger charge is 2.10. The van der Waals surface area contributed by atoms with Crippen LogP contribution in [-0.4, -0.2) is 38.6 Å². The van der Waals surface area contributed by atoms with Gasteiger partial charge >= 0.3 is 0 Å². The number of aromatic nitrogens is 2. The minimum atomic E-state index is -0.904. The first-order valence-corrected chi connectivity index (χ1v) is 5.06. The third-order valence-electron chi connectivity index (χ3n) is 1.46. The third-order valence-corrected chi connectivity index (χ3v) is 2.58. The van der Waals surface area contributed by atoms with Crippen LogP contribution < -0.4 is 11.3 Å². The maximum absolute atomic E-state index is 13.1. The molecule has 1 heterocycles. The van der Waals surface area contributed by atoms with Gasteiger partial charge in [0.15, 0.2) is 5.82 Å². The number of anilines is 1. The summed E-state index contributed by atoms with van der Waals surface area (Å²) in [6, 6.07) is 0. The smallest absolute Gasteiger partial charge is 0.238 e. The lowest BCUT2D eigenvalue weighted by atomic mass is 10.4. The van der Waals surface area contributed by atoms with Crippen LogP contribution in [0.3, 0.4) is 0 Å². The van der Waals surface area contributed by atoms with E-state index in [4.69, 9.17) is 16.1 Å². The van der Waals surface area contributed by atoms with Gasteiger partial charge < -0.3 is 10.2 Å². The quantitative estimate of drug-likeness (QED) is 0.232. The van der Waals surface area contributed by atoms with Crippen molar-refractivity contribution >= 4 is 17.7 Å². The second-order valence-corrected chi connectivity index (χ2v) is 3.65. The molecule has 0 bridgehead atoms. The van der Waals surface area contributed by atoms with Crippen molar-refractivity contribution in [3.05, 3.63) is 12.0 Å². The molecule has 5 N–H and O–H groups in total. The molecule has 1 unspecified atom stereocenters. The molecule has 1 atom stereocenters. The molecule has 0 aliphatic rings. The minimum Gasteiger partial charge on any atom is -0.394 e. The summed E-state index contributed by atoms with van der Waals surface area (Å²) in [4.78, 5) is 7.30. The molecule has 0 spiro atoms. The van der Waals surface area contributed by atoms with E-state index >= 15 is 0 Å². The number of nitrogens with two attached hydrogens (primary N) is 1. The maximum Gasteiger partial charge on any atom is 0.238 e. The van der Waals surface area contributed by atoms with Crippen molar-refractivity contribution in [1.82, 2.24) is 9.97 Å². The molecule has 0 aliphatic heterocycles. The van der Waals surface area contributed by atoms with Crippen LogP contribution in [0.25, 0.3) is 0 Å². The van der Waals surface area contributed by atoms with E-state index in [1.807, 2.05) is 0 Å². The fourth-order valence-corrected chi connectivity index (χ4v) is 1.55. The van der Waals surface area contributed by atoms with Crippen molar-refractivity contribution in [3.63, 3.8) is 0 Å². The topological polar surface area (TPSA) is 104 Å². The molecule has 0 saturated heterocycles. The van der Waals surface area contributed by atoms with Crippen LogP contribution in [0.1, 0.15) is 0 Å². The van der Waals surface area contributed by atoms with Crippen molar-refractivity contribution in [2.75, 3.05) is 17.8 Å². The number of rotatable bonds is 5. The number of aliphatic hydroxyl groups excluding tert-OH is 2. The van der Waals surface area contributed by atoms with E-state index in [9.17, 15) is 4.39 Å². The number of nitrogen functional groups attached to an aromatic ring is 1. The van der Waals surface area contributed by atoms with Gasteiger partial charge in [0.25, 0.3) is 0 Å². The predicted molar refractivity (Wildman–Crippen MR) is 53.6 cm³/mol. The van der Waals surface area contributed by atoms with Crippen LogP contribution in [0.5, 0.6) is 0 Å².